The number of alkyl halides is 6. The third-order valence-corrected chi connectivity index (χ3v) is 4.82. The van der Waals surface area contributed by atoms with E-state index in [1.807, 2.05) is 4.72 Å². The first kappa shape index (κ1) is 20.7. The van der Waals surface area contributed by atoms with Crippen LogP contribution in [0.2, 0.25) is 0 Å². The topological polar surface area (TPSA) is 70.0 Å². The Labute approximate surface area is 150 Å². The first-order chi connectivity index (χ1) is 12.3. The predicted octanol–water partition coefficient (Wildman–Crippen LogP) is 4.07. The number of halogens is 6. The van der Waals surface area contributed by atoms with Gasteiger partial charge in [0, 0.05) is 6.54 Å². The van der Waals surface area contributed by atoms with Gasteiger partial charge in [0.1, 0.15) is 0 Å². The van der Waals surface area contributed by atoms with Crippen molar-refractivity contribution in [1.29, 1.82) is 5.26 Å². The van der Waals surface area contributed by atoms with Crippen molar-refractivity contribution in [2.24, 2.45) is 0 Å². The van der Waals surface area contributed by atoms with Crippen LogP contribution in [-0.2, 0) is 28.9 Å². The molecule has 0 heterocycles. The van der Waals surface area contributed by atoms with E-state index in [2.05, 4.69) is 0 Å². The maximum Gasteiger partial charge on any atom is 0.416 e. The number of nitrogens with one attached hydrogen (secondary N) is 1. The Morgan fingerprint density at radius 1 is 0.889 bits per heavy atom. The van der Waals surface area contributed by atoms with Gasteiger partial charge in [0.05, 0.1) is 27.7 Å². The van der Waals surface area contributed by atoms with E-state index in [4.69, 9.17) is 5.26 Å². The highest BCUT2D eigenvalue weighted by atomic mass is 32.2. The largest absolute Gasteiger partial charge is 0.416 e. The van der Waals surface area contributed by atoms with Crippen LogP contribution in [0, 0.1) is 11.3 Å². The van der Waals surface area contributed by atoms with E-state index in [1.165, 1.54) is 12.1 Å². The molecule has 0 saturated carbocycles. The molecule has 0 aliphatic carbocycles. The van der Waals surface area contributed by atoms with E-state index in [9.17, 15) is 34.8 Å². The fourth-order valence-corrected chi connectivity index (χ4v) is 3.11. The van der Waals surface area contributed by atoms with Crippen molar-refractivity contribution < 1.29 is 34.8 Å². The van der Waals surface area contributed by atoms with Crippen LogP contribution >= 0.6 is 0 Å². The lowest BCUT2D eigenvalue weighted by molar-refractivity contribution is -0.143. The Balaban J connectivity index is 2.32. The van der Waals surface area contributed by atoms with Crippen molar-refractivity contribution in [3.8, 4) is 6.07 Å². The van der Waals surface area contributed by atoms with Crippen molar-refractivity contribution in [2.75, 3.05) is 0 Å². The zero-order chi connectivity index (χ0) is 20.5. The smallest absolute Gasteiger partial charge is 0.207 e. The van der Waals surface area contributed by atoms with Gasteiger partial charge in [-0.1, -0.05) is 0 Å². The van der Waals surface area contributed by atoms with E-state index in [0.717, 1.165) is 12.1 Å². The summed E-state index contributed by atoms with van der Waals surface area (Å²) in [6.45, 7) is -0.782. The quantitative estimate of drug-likeness (QED) is 0.776. The molecule has 0 radical (unpaired) electrons. The summed E-state index contributed by atoms with van der Waals surface area (Å²) in [4.78, 5) is -0.287. The van der Waals surface area contributed by atoms with Crippen molar-refractivity contribution >= 4 is 10.0 Å². The molecule has 0 aliphatic rings. The zero-order valence-electron chi connectivity index (χ0n) is 13.2. The number of nitrogens with zero attached hydrogens (tertiary/aromatic N) is 1. The molecule has 144 valence electrons. The molecule has 0 bridgehead atoms. The second-order valence-corrected chi connectivity index (χ2v) is 7.14. The summed E-state index contributed by atoms with van der Waals surface area (Å²) in [6, 6.07) is 7.22. The van der Waals surface area contributed by atoms with Crippen LogP contribution in [0.1, 0.15) is 22.3 Å². The van der Waals surface area contributed by atoms with Gasteiger partial charge in [-0.05, 0) is 48.0 Å². The first-order valence-corrected chi connectivity index (χ1v) is 8.59. The number of sulfonamides is 1. The Bertz CT molecular complexity index is 942. The number of benzene rings is 2. The zero-order valence-corrected chi connectivity index (χ0v) is 14.0. The molecule has 0 saturated heterocycles. The van der Waals surface area contributed by atoms with Gasteiger partial charge in [-0.3, -0.25) is 0 Å². The summed E-state index contributed by atoms with van der Waals surface area (Å²) in [5.41, 5.74) is -3.40. The van der Waals surface area contributed by atoms with Crippen LogP contribution in [0.3, 0.4) is 0 Å². The van der Waals surface area contributed by atoms with Gasteiger partial charge in [-0.15, -0.1) is 0 Å². The van der Waals surface area contributed by atoms with Gasteiger partial charge < -0.3 is 0 Å². The first-order valence-electron chi connectivity index (χ1n) is 7.11. The molecule has 2 aromatic carbocycles. The molecule has 0 unspecified atom stereocenters. The highest BCUT2D eigenvalue weighted by Crippen LogP contribution is 2.36. The van der Waals surface area contributed by atoms with Crippen LogP contribution in [0.25, 0.3) is 0 Å². The monoisotopic (exact) mass is 408 g/mol. The number of nitriles is 1. The van der Waals surface area contributed by atoms with Crippen LogP contribution in [-0.4, -0.2) is 8.42 Å². The normalized spacial score (nSPS) is 12.6. The molecule has 0 amide bonds. The molecule has 11 heteroatoms. The Morgan fingerprint density at radius 2 is 1.37 bits per heavy atom. The van der Waals surface area contributed by atoms with E-state index in [-0.39, 0.29) is 16.5 Å². The lowest BCUT2D eigenvalue weighted by Crippen LogP contribution is -2.24. The Hall–Kier alpha value is -2.58. The lowest BCUT2D eigenvalue weighted by atomic mass is 10.0. The Morgan fingerprint density at radius 3 is 1.78 bits per heavy atom. The molecular formula is C16H10F6N2O2S. The third-order valence-electron chi connectivity index (χ3n) is 3.41. The van der Waals surface area contributed by atoms with Gasteiger partial charge in [0.2, 0.25) is 10.0 Å². The average Bonchev–Trinajstić information content (AvgIpc) is 2.58. The number of rotatable bonds is 4. The average molecular weight is 408 g/mol. The fourth-order valence-electron chi connectivity index (χ4n) is 2.09. The summed E-state index contributed by atoms with van der Waals surface area (Å²) < 4.78 is 103. The molecule has 0 aromatic heterocycles. The molecule has 2 aromatic rings. The van der Waals surface area contributed by atoms with E-state index >= 15 is 0 Å². The highest BCUT2D eigenvalue weighted by Gasteiger charge is 2.36. The van der Waals surface area contributed by atoms with Gasteiger partial charge >= 0.3 is 12.4 Å². The van der Waals surface area contributed by atoms with Crippen LogP contribution in [0.4, 0.5) is 26.3 Å². The van der Waals surface area contributed by atoms with E-state index in [0.29, 0.717) is 12.1 Å². The second-order valence-electron chi connectivity index (χ2n) is 5.37. The molecule has 0 atom stereocenters. The third kappa shape index (κ3) is 5.21. The standard InChI is InChI=1S/C16H10F6N2O2S/c17-15(18,19)12-5-11(6-13(7-12)16(20,21)22)9-24-27(25,26)14-3-1-10(8-23)2-4-14/h1-7,24H,9H2. The molecule has 2 rings (SSSR count). The maximum atomic E-state index is 12.8. The van der Waals surface area contributed by atoms with Gasteiger partial charge in [0.15, 0.2) is 0 Å². The van der Waals surface area contributed by atoms with Crippen molar-refractivity contribution in [1.82, 2.24) is 4.72 Å². The van der Waals surface area contributed by atoms with Crippen molar-refractivity contribution in [3.05, 3.63) is 64.7 Å². The lowest BCUT2D eigenvalue weighted by Gasteiger charge is -2.14. The SMILES string of the molecule is N#Cc1ccc(S(=O)(=O)NCc2cc(C(F)(F)F)cc(C(F)(F)F)c2)cc1. The van der Waals surface area contributed by atoms with Gasteiger partial charge in [-0.25, -0.2) is 13.1 Å². The maximum absolute atomic E-state index is 12.8. The molecule has 4 nitrogen and oxygen atoms in total. The summed E-state index contributed by atoms with van der Waals surface area (Å²) in [5.74, 6) is 0. The summed E-state index contributed by atoms with van der Waals surface area (Å²) in [5, 5.41) is 8.67. The van der Waals surface area contributed by atoms with Crippen molar-refractivity contribution in [3.63, 3.8) is 0 Å². The Kier molecular flexibility index (Phi) is 5.53. The highest BCUT2D eigenvalue weighted by molar-refractivity contribution is 7.89. The summed E-state index contributed by atoms with van der Waals surface area (Å²) in [6.07, 6.45) is -10.1. The molecule has 0 fully saturated rings. The minimum absolute atomic E-state index is 0.0430. The van der Waals surface area contributed by atoms with Gasteiger partial charge in [0.25, 0.3) is 0 Å². The fraction of sp³-hybridized carbons (Fsp3) is 0.188. The van der Waals surface area contributed by atoms with Crippen LogP contribution in [0.15, 0.2) is 47.4 Å². The molecule has 0 aliphatic heterocycles. The minimum atomic E-state index is -5.03. The molecule has 0 spiro atoms. The number of hydrogen-bond donors (Lipinski definition) is 1. The molecule has 27 heavy (non-hydrogen) atoms. The van der Waals surface area contributed by atoms with E-state index in [1.54, 1.807) is 6.07 Å². The summed E-state index contributed by atoms with van der Waals surface area (Å²) in [7, 11) is -4.20. The van der Waals surface area contributed by atoms with Gasteiger partial charge in [-0.2, -0.15) is 31.6 Å². The van der Waals surface area contributed by atoms with Crippen molar-refractivity contribution in [2.45, 2.75) is 23.8 Å². The summed E-state index contributed by atoms with van der Waals surface area (Å²) >= 11 is 0. The van der Waals surface area contributed by atoms with E-state index < -0.39 is 45.6 Å². The number of hydrogen-bond acceptors (Lipinski definition) is 3. The second kappa shape index (κ2) is 7.21. The van der Waals surface area contributed by atoms with Crippen LogP contribution in [0.5, 0.6) is 0 Å². The molecular weight excluding hydrogens is 398 g/mol. The molecule has 1 N–H and O–H groups in total. The minimum Gasteiger partial charge on any atom is -0.207 e. The predicted molar refractivity (Wildman–Crippen MR) is 81.6 cm³/mol. The van der Waals surface area contributed by atoms with Crippen LogP contribution < -0.4 is 4.72 Å².